The fourth-order valence-electron chi connectivity index (χ4n) is 9.19. The van der Waals surface area contributed by atoms with Crippen LogP contribution in [0.1, 0.15) is 64.4 Å². The van der Waals surface area contributed by atoms with Crippen LogP contribution < -0.4 is 19.6 Å². The lowest BCUT2D eigenvalue weighted by Gasteiger charge is -2.36. The van der Waals surface area contributed by atoms with Crippen LogP contribution in [-0.2, 0) is 0 Å². The maximum atomic E-state index is 2.52. The van der Waals surface area contributed by atoms with Crippen molar-refractivity contribution in [2.75, 3.05) is 19.6 Å². The van der Waals surface area contributed by atoms with E-state index < -0.39 is 0 Å². The molecule has 0 spiro atoms. The molecule has 4 nitrogen and oxygen atoms in total. The highest BCUT2D eigenvalue weighted by atomic mass is 15.2. The molecule has 0 amide bonds. The molecule has 4 heteroatoms. The van der Waals surface area contributed by atoms with Crippen LogP contribution in [0.5, 0.6) is 0 Å². The van der Waals surface area contributed by atoms with Crippen molar-refractivity contribution in [1.82, 2.24) is 0 Å². The van der Waals surface area contributed by atoms with Crippen molar-refractivity contribution in [3.05, 3.63) is 234 Å². The Balaban J connectivity index is 1.09. The van der Waals surface area contributed by atoms with E-state index in [9.17, 15) is 0 Å². The maximum absolute atomic E-state index is 2.52. The lowest BCUT2D eigenvalue weighted by Crippen LogP contribution is -2.31. The van der Waals surface area contributed by atoms with E-state index in [1.807, 2.05) is 0 Å². The van der Waals surface area contributed by atoms with Crippen molar-refractivity contribution in [2.45, 2.75) is 71.8 Å². The summed E-state index contributed by atoms with van der Waals surface area (Å²) in [5, 5.41) is 0. The van der Waals surface area contributed by atoms with Crippen molar-refractivity contribution in [2.24, 2.45) is 0 Å². The predicted molar refractivity (Wildman–Crippen MR) is 260 cm³/mol. The molecule has 0 aliphatic heterocycles. The van der Waals surface area contributed by atoms with Crippen LogP contribution in [0.4, 0.5) is 39.8 Å². The van der Waals surface area contributed by atoms with Gasteiger partial charge >= 0.3 is 0 Å². The van der Waals surface area contributed by atoms with Crippen molar-refractivity contribution < 1.29 is 0 Å². The molecule has 0 bridgehead atoms. The molecule has 4 aliphatic carbocycles. The highest BCUT2D eigenvalue weighted by Gasteiger charge is 2.26. The quantitative estimate of drug-likeness (QED) is 0.125. The largest absolute Gasteiger partial charge is 0.334 e. The third-order valence-corrected chi connectivity index (χ3v) is 12.1. The van der Waals surface area contributed by atoms with Crippen LogP contribution in [0.2, 0.25) is 0 Å². The molecular formula is C57H56N4. The molecule has 0 heterocycles. The van der Waals surface area contributed by atoms with Crippen LogP contribution in [-0.4, -0.2) is 6.04 Å². The Kier molecular flexibility index (Phi) is 11.9. The van der Waals surface area contributed by atoms with E-state index in [0.29, 0.717) is 0 Å². The van der Waals surface area contributed by atoms with Gasteiger partial charge in [-0.25, -0.2) is 0 Å². The van der Waals surface area contributed by atoms with E-state index in [1.165, 1.54) is 62.2 Å². The summed E-state index contributed by atoms with van der Waals surface area (Å²) in [7, 11) is 0. The summed E-state index contributed by atoms with van der Waals surface area (Å²) in [4.78, 5) is 9.84. The first-order valence-corrected chi connectivity index (χ1v) is 22.0. The van der Waals surface area contributed by atoms with Gasteiger partial charge in [-0.15, -0.1) is 0 Å². The normalized spacial score (nSPS) is 17.3. The van der Waals surface area contributed by atoms with Crippen molar-refractivity contribution in [1.29, 1.82) is 0 Å². The molecule has 1 atom stereocenters. The van der Waals surface area contributed by atoms with Crippen LogP contribution in [0.25, 0.3) is 0 Å². The second kappa shape index (κ2) is 18.2. The number of hydrogen-bond acceptors (Lipinski definition) is 4. The summed E-state index contributed by atoms with van der Waals surface area (Å²) in [6.45, 7) is 6.59. The number of nitrogens with zero attached hydrogens (tertiary/aromatic N) is 4. The van der Waals surface area contributed by atoms with Crippen LogP contribution in [0.3, 0.4) is 0 Å². The highest BCUT2D eigenvalue weighted by Crippen LogP contribution is 2.41. The number of allylic oxidation sites excluding steroid dienone is 13. The molecule has 0 N–H and O–H groups in total. The number of para-hydroxylation sites is 2. The fourth-order valence-corrected chi connectivity index (χ4v) is 9.19. The SMILES string of the molecule is CC1=CCCC(N(C2=CC=CCC2)c2ccc(N(c3ccc(N(C4=CC(C)=CCC4)c4ccccc4)cc3)C3C=CC(N(c4ccccc4)c4cccc(C)c4)=CC3)cc2)=C1. The van der Waals surface area contributed by atoms with E-state index in [0.717, 1.165) is 62.0 Å². The smallest absolute Gasteiger partial charge is 0.0561 e. The van der Waals surface area contributed by atoms with E-state index in [1.54, 1.807) is 0 Å². The lowest BCUT2D eigenvalue weighted by molar-refractivity contribution is 0.776. The average Bonchev–Trinajstić information content (AvgIpc) is 3.30. The van der Waals surface area contributed by atoms with Gasteiger partial charge in [-0.2, -0.15) is 0 Å². The summed E-state index contributed by atoms with van der Waals surface area (Å²) in [6.07, 6.45) is 30.4. The molecule has 1 unspecified atom stereocenters. The molecule has 0 radical (unpaired) electrons. The van der Waals surface area contributed by atoms with Gasteiger partial charge in [0.1, 0.15) is 0 Å². The molecule has 0 saturated heterocycles. The zero-order chi connectivity index (χ0) is 41.5. The predicted octanol–water partition coefficient (Wildman–Crippen LogP) is 15.6. The fraction of sp³-hybridized carbons (Fsp3) is 0.193. The van der Waals surface area contributed by atoms with Gasteiger partial charge in [-0.1, -0.05) is 96.1 Å². The summed E-state index contributed by atoms with van der Waals surface area (Å²) >= 11 is 0. The van der Waals surface area contributed by atoms with Crippen molar-refractivity contribution in [3.8, 4) is 0 Å². The Bertz CT molecular complexity index is 2580. The molecule has 0 aromatic heterocycles. The van der Waals surface area contributed by atoms with E-state index in [4.69, 9.17) is 0 Å². The molecule has 0 saturated carbocycles. The Morgan fingerprint density at radius 3 is 1.52 bits per heavy atom. The summed E-state index contributed by atoms with van der Waals surface area (Å²) < 4.78 is 0. The van der Waals surface area contributed by atoms with Crippen LogP contribution in [0, 0.1) is 6.92 Å². The van der Waals surface area contributed by atoms with E-state index in [-0.39, 0.29) is 6.04 Å². The third kappa shape index (κ3) is 8.90. The number of rotatable bonds is 12. The number of anilines is 7. The van der Waals surface area contributed by atoms with Gasteiger partial charge < -0.3 is 19.6 Å². The van der Waals surface area contributed by atoms with Gasteiger partial charge in [-0.05, 0) is 181 Å². The van der Waals surface area contributed by atoms with Gasteiger partial charge in [0, 0.05) is 62.6 Å². The van der Waals surface area contributed by atoms with Gasteiger partial charge in [0.2, 0.25) is 0 Å². The molecule has 0 fully saturated rings. The van der Waals surface area contributed by atoms with Crippen LogP contribution >= 0.6 is 0 Å². The molecule has 4 aliphatic rings. The first kappa shape index (κ1) is 39.7. The molecule has 61 heavy (non-hydrogen) atoms. The maximum Gasteiger partial charge on any atom is 0.0561 e. The van der Waals surface area contributed by atoms with Crippen LogP contribution in [0.15, 0.2) is 228 Å². The monoisotopic (exact) mass is 796 g/mol. The van der Waals surface area contributed by atoms with Gasteiger partial charge in [0.15, 0.2) is 0 Å². The standard InChI is InChI=1S/C57H56N4/c1-43-16-13-25-55(40-43)59(46-19-7-4-8-20-46)52-34-28-49(29-35-52)58(50-30-36-53(37-31-50)60(47-21-9-5-10-22-47)56-26-14-17-44(2)41-56)51-32-38-54(39-33-51)61(48-23-11-6-12-24-48)57-27-15-18-45(3)42-57/h4-11,13,16-23,25,28,30-42,49H,12,14-15,24,26-27,29H2,1-3H3. The van der Waals surface area contributed by atoms with Gasteiger partial charge in [0.05, 0.1) is 6.04 Å². The molecule has 9 rings (SSSR count). The summed E-state index contributed by atoms with van der Waals surface area (Å²) in [5.74, 6) is 0. The molecule has 5 aromatic carbocycles. The zero-order valence-corrected chi connectivity index (χ0v) is 35.8. The van der Waals surface area contributed by atoms with E-state index >= 15 is 0 Å². The van der Waals surface area contributed by atoms with E-state index in [2.05, 4.69) is 235 Å². The first-order chi connectivity index (χ1) is 30.0. The number of hydrogen-bond donors (Lipinski definition) is 0. The van der Waals surface area contributed by atoms with Crippen molar-refractivity contribution >= 4 is 39.8 Å². The Labute approximate surface area is 363 Å². The minimum Gasteiger partial charge on any atom is -0.334 e. The topological polar surface area (TPSA) is 13.0 Å². The highest BCUT2D eigenvalue weighted by molar-refractivity contribution is 5.76. The second-order valence-electron chi connectivity index (χ2n) is 16.6. The van der Waals surface area contributed by atoms with Gasteiger partial charge in [0.25, 0.3) is 0 Å². The minimum atomic E-state index is 0.103. The minimum absolute atomic E-state index is 0.103. The molecular weight excluding hydrogens is 741 g/mol. The Morgan fingerprint density at radius 1 is 0.459 bits per heavy atom. The zero-order valence-electron chi connectivity index (χ0n) is 35.8. The van der Waals surface area contributed by atoms with Gasteiger partial charge in [-0.3, -0.25) is 0 Å². The third-order valence-electron chi connectivity index (χ3n) is 12.1. The second-order valence-corrected chi connectivity index (χ2v) is 16.6. The Morgan fingerprint density at radius 2 is 0.984 bits per heavy atom. The average molecular weight is 797 g/mol. The Hall–Kier alpha value is -6.78. The first-order valence-electron chi connectivity index (χ1n) is 22.0. The molecule has 304 valence electrons. The summed E-state index contributed by atoms with van der Waals surface area (Å²) in [6, 6.07) is 49.0. The lowest BCUT2D eigenvalue weighted by atomic mass is 10.00. The summed E-state index contributed by atoms with van der Waals surface area (Å²) in [5.41, 5.74) is 17.3. The number of aryl methyl sites for hydroxylation is 1. The van der Waals surface area contributed by atoms with Crippen molar-refractivity contribution in [3.63, 3.8) is 0 Å². The number of benzene rings is 5. The molecule has 5 aromatic rings.